The molecule has 0 spiro atoms. The van der Waals surface area contributed by atoms with Gasteiger partial charge in [0.1, 0.15) is 0 Å². The number of carbonyl (C=O) groups is 1. The van der Waals surface area contributed by atoms with Crippen LogP contribution in [0.15, 0.2) is 0 Å². The van der Waals surface area contributed by atoms with Gasteiger partial charge in [0.25, 0.3) is 0 Å². The molecule has 0 radical (unpaired) electrons. The first-order chi connectivity index (χ1) is 8.99. The first kappa shape index (κ1) is 14.8. The second kappa shape index (κ2) is 6.23. The molecule has 1 N–H and O–H groups in total. The molecule has 3 unspecified atom stereocenters. The van der Waals surface area contributed by atoms with Crippen LogP contribution in [0.25, 0.3) is 0 Å². The van der Waals surface area contributed by atoms with Crippen molar-refractivity contribution < 1.29 is 4.79 Å². The van der Waals surface area contributed by atoms with Crippen molar-refractivity contribution in [2.75, 3.05) is 19.6 Å². The average molecular weight is 267 g/mol. The summed E-state index contributed by atoms with van der Waals surface area (Å²) in [4.78, 5) is 17.0. The van der Waals surface area contributed by atoms with Crippen molar-refractivity contribution in [1.29, 1.82) is 0 Å². The van der Waals surface area contributed by atoms with E-state index in [1.807, 2.05) is 4.90 Å². The molecule has 0 aromatic heterocycles. The Balaban J connectivity index is 1.90. The second-order valence-corrected chi connectivity index (χ2v) is 6.61. The Morgan fingerprint density at radius 2 is 1.89 bits per heavy atom. The number of likely N-dealkylation sites (tertiary alicyclic amines) is 1. The van der Waals surface area contributed by atoms with Crippen molar-refractivity contribution in [3.05, 3.63) is 0 Å². The summed E-state index contributed by atoms with van der Waals surface area (Å²) in [5.74, 6) is 0.858. The van der Waals surface area contributed by atoms with Gasteiger partial charge < -0.3 is 4.90 Å². The van der Waals surface area contributed by atoms with Crippen molar-refractivity contribution >= 4 is 5.91 Å². The summed E-state index contributed by atoms with van der Waals surface area (Å²) in [7, 11) is 0. The van der Waals surface area contributed by atoms with Gasteiger partial charge in [0, 0.05) is 12.6 Å². The van der Waals surface area contributed by atoms with E-state index < -0.39 is 0 Å². The van der Waals surface area contributed by atoms with Crippen LogP contribution >= 0.6 is 0 Å². The van der Waals surface area contributed by atoms with Crippen molar-refractivity contribution in [2.24, 2.45) is 5.92 Å². The number of carbonyl (C=O) groups excluding carboxylic acids is 1. The van der Waals surface area contributed by atoms with Crippen LogP contribution in [0.2, 0.25) is 0 Å². The maximum Gasteiger partial charge on any atom is 0.241 e. The molecule has 4 nitrogen and oxygen atoms in total. The summed E-state index contributed by atoms with van der Waals surface area (Å²) in [5, 5.41) is 3.44. The molecule has 0 aromatic rings. The third-order valence-electron chi connectivity index (χ3n) is 4.42. The lowest BCUT2D eigenvalue weighted by atomic mass is 10.0. The van der Waals surface area contributed by atoms with Crippen molar-refractivity contribution in [2.45, 2.75) is 65.2 Å². The molecule has 2 saturated heterocycles. The largest absolute Gasteiger partial charge is 0.325 e. The van der Waals surface area contributed by atoms with E-state index in [0.29, 0.717) is 17.9 Å². The van der Waals surface area contributed by atoms with Crippen LogP contribution in [0.4, 0.5) is 0 Å². The minimum Gasteiger partial charge on any atom is -0.325 e. The van der Waals surface area contributed by atoms with Gasteiger partial charge in [-0.15, -0.1) is 0 Å². The van der Waals surface area contributed by atoms with Crippen LogP contribution in [0, 0.1) is 5.92 Å². The fourth-order valence-electron chi connectivity index (χ4n) is 3.31. The summed E-state index contributed by atoms with van der Waals surface area (Å²) in [6, 6.07) is 0.509. The lowest BCUT2D eigenvalue weighted by Gasteiger charge is -2.30. The maximum absolute atomic E-state index is 12.4. The molecule has 0 aromatic carbocycles. The zero-order valence-corrected chi connectivity index (χ0v) is 12.9. The Bertz CT molecular complexity index is 313. The van der Waals surface area contributed by atoms with Gasteiger partial charge in [-0.05, 0) is 52.1 Å². The fourth-order valence-corrected chi connectivity index (χ4v) is 3.31. The highest BCUT2D eigenvalue weighted by Gasteiger charge is 2.37. The van der Waals surface area contributed by atoms with E-state index in [1.165, 1.54) is 25.9 Å². The zero-order chi connectivity index (χ0) is 14.0. The Labute approximate surface area is 117 Å². The molecule has 2 aliphatic heterocycles. The van der Waals surface area contributed by atoms with E-state index in [9.17, 15) is 4.79 Å². The molecule has 110 valence electrons. The smallest absolute Gasteiger partial charge is 0.241 e. The Kier molecular flexibility index (Phi) is 4.85. The third-order valence-corrected chi connectivity index (χ3v) is 4.42. The minimum absolute atomic E-state index is 0.0285. The highest BCUT2D eigenvalue weighted by atomic mass is 16.2. The van der Waals surface area contributed by atoms with Gasteiger partial charge in [0.2, 0.25) is 5.91 Å². The molecule has 4 heteroatoms. The highest BCUT2D eigenvalue weighted by molar-refractivity contribution is 5.84. The van der Waals surface area contributed by atoms with Crippen LogP contribution in [0.1, 0.15) is 47.0 Å². The van der Waals surface area contributed by atoms with E-state index >= 15 is 0 Å². The predicted octanol–water partition coefficient (Wildman–Crippen LogP) is 1.66. The lowest BCUT2D eigenvalue weighted by Crippen LogP contribution is -2.45. The summed E-state index contributed by atoms with van der Waals surface area (Å²) in [6.45, 7) is 12.0. The number of rotatable bonds is 5. The molecule has 3 atom stereocenters. The summed E-state index contributed by atoms with van der Waals surface area (Å²) in [5.41, 5.74) is 0. The van der Waals surface area contributed by atoms with E-state index in [1.54, 1.807) is 0 Å². The van der Waals surface area contributed by atoms with Crippen molar-refractivity contribution in [3.63, 3.8) is 0 Å². The first-order valence-electron chi connectivity index (χ1n) is 7.79. The summed E-state index contributed by atoms with van der Waals surface area (Å²) in [6.07, 6.45) is 3.74. The topological polar surface area (TPSA) is 35.6 Å². The molecule has 0 bridgehead atoms. The molecular formula is C15H29N3O. The van der Waals surface area contributed by atoms with E-state index in [0.717, 1.165) is 13.0 Å². The number of nitrogens with one attached hydrogen (secondary N) is 1. The number of hydrogen-bond donors (Lipinski definition) is 1. The monoisotopic (exact) mass is 267 g/mol. The molecule has 19 heavy (non-hydrogen) atoms. The molecule has 2 aliphatic rings. The predicted molar refractivity (Wildman–Crippen MR) is 77.8 cm³/mol. The molecule has 2 fully saturated rings. The minimum atomic E-state index is 0.0285. The molecule has 1 amide bonds. The number of hydrogen-bond acceptors (Lipinski definition) is 3. The van der Waals surface area contributed by atoms with Gasteiger partial charge in [-0.25, -0.2) is 0 Å². The Hall–Kier alpha value is -0.610. The van der Waals surface area contributed by atoms with Crippen LogP contribution in [-0.2, 0) is 4.79 Å². The zero-order valence-electron chi connectivity index (χ0n) is 12.9. The Morgan fingerprint density at radius 1 is 1.26 bits per heavy atom. The van der Waals surface area contributed by atoms with E-state index in [-0.39, 0.29) is 12.2 Å². The fraction of sp³-hybridized carbons (Fsp3) is 0.933. The average Bonchev–Trinajstić information content (AvgIpc) is 2.93. The second-order valence-electron chi connectivity index (χ2n) is 6.61. The van der Waals surface area contributed by atoms with Gasteiger partial charge in [-0.1, -0.05) is 13.8 Å². The van der Waals surface area contributed by atoms with Crippen LogP contribution in [0.3, 0.4) is 0 Å². The van der Waals surface area contributed by atoms with Crippen LogP contribution in [0.5, 0.6) is 0 Å². The van der Waals surface area contributed by atoms with Gasteiger partial charge in [-0.2, -0.15) is 0 Å². The molecule has 0 saturated carbocycles. The molecule has 0 aliphatic carbocycles. The molecular weight excluding hydrogens is 238 g/mol. The third kappa shape index (κ3) is 3.48. The van der Waals surface area contributed by atoms with Gasteiger partial charge in [0.15, 0.2) is 0 Å². The first-order valence-corrected chi connectivity index (χ1v) is 7.79. The van der Waals surface area contributed by atoms with E-state index in [4.69, 9.17) is 0 Å². The van der Waals surface area contributed by atoms with Gasteiger partial charge >= 0.3 is 0 Å². The van der Waals surface area contributed by atoms with E-state index in [2.05, 4.69) is 37.9 Å². The van der Waals surface area contributed by atoms with Crippen molar-refractivity contribution in [3.8, 4) is 0 Å². The van der Waals surface area contributed by atoms with Crippen LogP contribution < -0.4 is 5.32 Å². The highest BCUT2D eigenvalue weighted by Crippen LogP contribution is 2.19. The maximum atomic E-state index is 12.4. The number of nitrogens with zero attached hydrogens (tertiary/aromatic N) is 2. The standard InChI is InChI=1S/C15H29N3O/c1-11(2)9-14-15(19)18(13(4)16-14)10-12(3)17-7-5-6-8-17/h11-14,16H,5-10H2,1-4H3. The van der Waals surface area contributed by atoms with Gasteiger partial charge in [0.05, 0.1) is 12.2 Å². The summed E-state index contributed by atoms with van der Waals surface area (Å²) < 4.78 is 0. The van der Waals surface area contributed by atoms with Crippen LogP contribution in [-0.4, -0.2) is 53.6 Å². The summed E-state index contributed by atoms with van der Waals surface area (Å²) >= 11 is 0. The van der Waals surface area contributed by atoms with Gasteiger partial charge in [-0.3, -0.25) is 15.0 Å². The Morgan fingerprint density at radius 3 is 2.47 bits per heavy atom. The van der Waals surface area contributed by atoms with Crippen molar-refractivity contribution in [1.82, 2.24) is 15.1 Å². The quantitative estimate of drug-likeness (QED) is 0.823. The number of amides is 1. The SMILES string of the molecule is CC(C)CC1NC(C)N(CC(C)N2CCCC2)C1=O. The molecule has 2 heterocycles. The lowest BCUT2D eigenvalue weighted by molar-refractivity contribution is -0.130. The normalized spacial score (nSPS) is 30.6. The molecule has 2 rings (SSSR count).